The van der Waals surface area contributed by atoms with Gasteiger partial charge in [0.05, 0.1) is 12.2 Å². The zero-order valence-corrected chi connectivity index (χ0v) is 15.0. The monoisotopic (exact) mass is 284 g/mol. The fourth-order valence-electron chi connectivity index (χ4n) is 2.58. The minimum atomic E-state index is -1.79. The van der Waals surface area contributed by atoms with Crippen molar-refractivity contribution in [3.63, 3.8) is 0 Å². The highest BCUT2D eigenvalue weighted by Crippen LogP contribution is 2.49. The van der Waals surface area contributed by atoms with Crippen molar-refractivity contribution in [2.24, 2.45) is 11.3 Å². The molecule has 0 amide bonds. The van der Waals surface area contributed by atoms with Crippen LogP contribution in [-0.4, -0.2) is 25.6 Å². The molecule has 1 fully saturated rings. The maximum atomic E-state index is 10.5. The molecule has 3 heteroatoms. The fourth-order valence-corrected chi connectivity index (χ4v) is 4.04. The van der Waals surface area contributed by atoms with Crippen LogP contribution in [0.25, 0.3) is 0 Å². The lowest BCUT2D eigenvalue weighted by Crippen LogP contribution is -2.47. The minimum Gasteiger partial charge on any atom is -0.413 e. The van der Waals surface area contributed by atoms with Crippen molar-refractivity contribution in [3.8, 4) is 0 Å². The summed E-state index contributed by atoms with van der Waals surface area (Å²) < 4.78 is 6.57. The van der Waals surface area contributed by atoms with Crippen LogP contribution in [0.15, 0.2) is 12.2 Å². The van der Waals surface area contributed by atoms with Gasteiger partial charge in [-0.25, -0.2) is 0 Å². The van der Waals surface area contributed by atoms with E-state index in [2.05, 4.69) is 54.3 Å². The average Bonchev–Trinajstić information content (AvgIpc) is 2.39. The summed E-state index contributed by atoms with van der Waals surface area (Å²) in [6.45, 7) is 21.6. The minimum absolute atomic E-state index is 0.130. The molecule has 1 N–H and O–H groups in total. The van der Waals surface area contributed by atoms with Crippen LogP contribution in [0.1, 0.15) is 48.0 Å². The number of hydrogen-bond donors (Lipinski definition) is 1. The first-order valence-electron chi connectivity index (χ1n) is 7.32. The Balaban J connectivity index is 2.94. The molecule has 0 aromatic carbocycles. The van der Waals surface area contributed by atoms with Crippen molar-refractivity contribution in [1.82, 2.24) is 0 Å². The largest absolute Gasteiger partial charge is 0.413 e. The highest BCUT2D eigenvalue weighted by Gasteiger charge is 2.52. The molecule has 19 heavy (non-hydrogen) atoms. The molecule has 0 bridgehead atoms. The summed E-state index contributed by atoms with van der Waals surface area (Å²) in [6, 6.07) is 0. The Hall–Kier alpha value is -0.123. The van der Waals surface area contributed by atoms with Gasteiger partial charge in [-0.3, -0.25) is 0 Å². The molecule has 112 valence electrons. The maximum absolute atomic E-state index is 10.5. The first kappa shape index (κ1) is 16.9. The molecule has 1 rings (SSSR count). The van der Waals surface area contributed by atoms with Gasteiger partial charge >= 0.3 is 0 Å². The van der Waals surface area contributed by atoms with Gasteiger partial charge in [-0.1, -0.05) is 46.8 Å². The van der Waals surface area contributed by atoms with Gasteiger partial charge in [0.15, 0.2) is 8.32 Å². The van der Waals surface area contributed by atoms with Gasteiger partial charge in [0.2, 0.25) is 0 Å². The van der Waals surface area contributed by atoms with E-state index >= 15 is 0 Å². The summed E-state index contributed by atoms with van der Waals surface area (Å²) in [4.78, 5) is 0. The third-order valence-electron chi connectivity index (χ3n) is 5.32. The summed E-state index contributed by atoms with van der Waals surface area (Å²) in [6.07, 6.45) is 0.681. The topological polar surface area (TPSA) is 29.5 Å². The van der Waals surface area contributed by atoms with E-state index in [0.717, 1.165) is 12.0 Å². The van der Waals surface area contributed by atoms with E-state index in [-0.39, 0.29) is 28.6 Å². The summed E-state index contributed by atoms with van der Waals surface area (Å²) in [5, 5.41) is 10.7. The zero-order valence-electron chi connectivity index (χ0n) is 14.0. The molecule has 0 spiro atoms. The molecule has 3 atom stereocenters. The SMILES string of the molecule is C=C(C)[C@@H]1C[C@H](O[Si](C)(C)C(C)(C)C)C(C)(C)[C@@H]1O. The number of aliphatic hydroxyl groups excluding tert-OH is 1. The number of hydrogen-bond acceptors (Lipinski definition) is 2. The number of aliphatic hydroxyl groups is 1. The molecule has 0 saturated heterocycles. The molecule has 0 radical (unpaired) electrons. The molecule has 2 nitrogen and oxygen atoms in total. The zero-order chi connectivity index (χ0) is 15.2. The summed E-state index contributed by atoms with van der Waals surface area (Å²) >= 11 is 0. The number of rotatable bonds is 3. The second-order valence-corrected chi connectivity index (χ2v) is 13.1. The van der Waals surface area contributed by atoms with Crippen LogP contribution >= 0.6 is 0 Å². The predicted octanol–water partition coefficient (Wildman–Crippen LogP) is 4.36. The van der Waals surface area contributed by atoms with E-state index in [1.165, 1.54) is 0 Å². The Bertz CT molecular complexity index is 352. The van der Waals surface area contributed by atoms with Crippen molar-refractivity contribution in [1.29, 1.82) is 0 Å². The second kappa shape index (κ2) is 5.01. The van der Waals surface area contributed by atoms with Crippen LogP contribution in [-0.2, 0) is 4.43 Å². The van der Waals surface area contributed by atoms with Gasteiger partial charge in [0, 0.05) is 11.3 Å². The fraction of sp³-hybridized carbons (Fsp3) is 0.875. The average molecular weight is 285 g/mol. The Morgan fingerprint density at radius 3 is 2.11 bits per heavy atom. The predicted molar refractivity (Wildman–Crippen MR) is 84.8 cm³/mol. The van der Waals surface area contributed by atoms with Crippen molar-refractivity contribution < 1.29 is 9.53 Å². The van der Waals surface area contributed by atoms with E-state index in [0.29, 0.717) is 0 Å². The van der Waals surface area contributed by atoms with Crippen LogP contribution in [0.3, 0.4) is 0 Å². The van der Waals surface area contributed by atoms with Crippen molar-refractivity contribution in [2.45, 2.75) is 78.3 Å². The van der Waals surface area contributed by atoms with Gasteiger partial charge in [0.25, 0.3) is 0 Å². The highest BCUT2D eigenvalue weighted by atomic mass is 28.4. The highest BCUT2D eigenvalue weighted by molar-refractivity contribution is 6.74. The molecule has 0 aliphatic heterocycles. The van der Waals surface area contributed by atoms with E-state index < -0.39 is 8.32 Å². The molecule has 0 heterocycles. The third kappa shape index (κ3) is 3.14. The molecule has 0 aromatic rings. The van der Waals surface area contributed by atoms with Crippen LogP contribution in [0, 0.1) is 11.3 Å². The molecule has 0 unspecified atom stereocenters. The van der Waals surface area contributed by atoms with E-state index in [1.54, 1.807) is 0 Å². The second-order valence-electron chi connectivity index (χ2n) is 8.32. The Kier molecular flexibility index (Phi) is 4.47. The first-order valence-corrected chi connectivity index (χ1v) is 10.2. The van der Waals surface area contributed by atoms with Gasteiger partial charge in [-0.05, 0) is 31.5 Å². The molecular formula is C16H32O2Si. The van der Waals surface area contributed by atoms with Gasteiger partial charge in [-0.2, -0.15) is 0 Å². The Morgan fingerprint density at radius 2 is 1.79 bits per heavy atom. The lowest BCUT2D eigenvalue weighted by molar-refractivity contribution is 0.00185. The van der Waals surface area contributed by atoms with Crippen LogP contribution in [0.2, 0.25) is 18.1 Å². The lowest BCUT2D eigenvalue weighted by Gasteiger charge is -2.42. The Morgan fingerprint density at radius 1 is 1.32 bits per heavy atom. The van der Waals surface area contributed by atoms with E-state index in [4.69, 9.17) is 4.43 Å². The smallest absolute Gasteiger partial charge is 0.192 e. The van der Waals surface area contributed by atoms with E-state index in [1.807, 2.05) is 6.92 Å². The van der Waals surface area contributed by atoms with Crippen LogP contribution < -0.4 is 0 Å². The summed E-state index contributed by atoms with van der Waals surface area (Å²) in [5.74, 6) is 0.171. The molecule has 0 aromatic heterocycles. The molecular weight excluding hydrogens is 252 g/mol. The quantitative estimate of drug-likeness (QED) is 0.616. The first-order chi connectivity index (χ1) is 8.30. The van der Waals surface area contributed by atoms with Crippen molar-refractivity contribution in [3.05, 3.63) is 12.2 Å². The van der Waals surface area contributed by atoms with Gasteiger partial charge in [0.1, 0.15) is 0 Å². The van der Waals surface area contributed by atoms with Crippen LogP contribution in [0.5, 0.6) is 0 Å². The van der Waals surface area contributed by atoms with Crippen molar-refractivity contribution >= 4 is 8.32 Å². The summed E-state index contributed by atoms with van der Waals surface area (Å²) in [5.41, 5.74) is 0.876. The molecule has 1 aliphatic carbocycles. The van der Waals surface area contributed by atoms with Gasteiger partial charge < -0.3 is 9.53 Å². The standard InChI is InChI=1S/C16H32O2Si/c1-11(2)12-10-13(16(6,7)14(12)17)18-19(8,9)15(3,4)5/h12-14,17H,1,10H2,2-9H3/t12-,13-,14+/m0/s1. The normalized spacial score (nSPS) is 31.5. The van der Waals surface area contributed by atoms with E-state index in [9.17, 15) is 5.11 Å². The van der Waals surface area contributed by atoms with Gasteiger partial charge in [-0.15, -0.1) is 0 Å². The third-order valence-corrected chi connectivity index (χ3v) is 9.80. The molecule has 1 aliphatic rings. The van der Waals surface area contributed by atoms with Crippen LogP contribution in [0.4, 0.5) is 0 Å². The summed E-state index contributed by atoms with van der Waals surface area (Å²) in [7, 11) is -1.79. The van der Waals surface area contributed by atoms with Crippen molar-refractivity contribution in [2.75, 3.05) is 0 Å². The Labute approximate surface area is 120 Å². The molecule has 1 saturated carbocycles. The lowest BCUT2D eigenvalue weighted by atomic mass is 9.84. The maximum Gasteiger partial charge on any atom is 0.192 e.